The van der Waals surface area contributed by atoms with Gasteiger partial charge >= 0.3 is 0 Å². The minimum absolute atomic E-state index is 0.287. The van der Waals surface area contributed by atoms with Crippen molar-refractivity contribution in [2.24, 2.45) is 5.10 Å². The zero-order valence-electron chi connectivity index (χ0n) is 13.3. The van der Waals surface area contributed by atoms with Gasteiger partial charge in [0.15, 0.2) is 17.3 Å². The van der Waals surface area contributed by atoms with Gasteiger partial charge < -0.3 is 0 Å². The van der Waals surface area contributed by atoms with Gasteiger partial charge in [-0.1, -0.05) is 23.7 Å². The summed E-state index contributed by atoms with van der Waals surface area (Å²) < 4.78 is 14.5. The molecule has 0 atom stereocenters. The van der Waals surface area contributed by atoms with Crippen LogP contribution in [-0.2, 0) is 0 Å². The van der Waals surface area contributed by atoms with Crippen LogP contribution in [-0.4, -0.2) is 26.0 Å². The maximum Gasteiger partial charge on any atom is 0.185 e. The Morgan fingerprint density at radius 3 is 2.50 bits per heavy atom. The fourth-order valence-electron chi connectivity index (χ4n) is 2.35. The fraction of sp³-hybridized carbons (Fsp3) is 0. The van der Waals surface area contributed by atoms with Crippen molar-refractivity contribution in [2.75, 3.05) is 5.43 Å². The Hall–Kier alpha value is -3.32. The number of hydrazone groups is 1. The maximum absolute atomic E-state index is 12.9. The van der Waals surface area contributed by atoms with Gasteiger partial charge in [0.2, 0.25) is 0 Å². The van der Waals surface area contributed by atoms with Crippen LogP contribution in [0.5, 0.6) is 0 Å². The van der Waals surface area contributed by atoms with Gasteiger partial charge in [-0.15, -0.1) is 15.3 Å². The molecular weight excluding hydrogens is 355 g/mol. The zero-order chi connectivity index (χ0) is 17.9. The van der Waals surface area contributed by atoms with Crippen LogP contribution < -0.4 is 5.43 Å². The normalized spacial score (nSPS) is 11.3. The highest BCUT2D eigenvalue weighted by Crippen LogP contribution is 2.20. The highest BCUT2D eigenvalue weighted by molar-refractivity contribution is 6.30. The van der Waals surface area contributed by atoms with Crippen molar-refractivity contribution in [3.8, 4) is 11.4 Å². The molecule has 0 unspecified atom stereocenters. The fourth-order valence-corrected chi connectivity index (χ4v) is 2.48. The molecule has 4 aromatic rings. The van der Waals surface area contributed by atoms with E-state index in [4.69, 9.17) is 11.6 Å². The quantitative estimate of drug-likeness (QED) is 0.437. The third kappa shape index (κ3) is 3.38. The summed E-state index contributed by atoms with van der Waals surface area (Å²) in [5, 5.41) is 17.5. The number of nitrogens with zero attached hydrogens (tertiary/aromatic N) is 5. The summed E-state index contributed by atoms with van der Waals surface area (Å²) in [5.41, 5.74) is 5.08. The molecule has 128 valence electrons. The standard InChI is InChI=1S/C18H12ClFN6/c19-14-5-3-13(4-6-14)18-24-23-17-10-9-16(25-26(17)18)22-21-11-12-1-7-15(20)8-2-12/h1-11H,(H,22,25)/b21-11+. The van der Waals surface area contributed by atoms with Gasteiger partial charge in [0, 0.05) is 10.6 Å². The number of rotatable bonds is 4. The van der Waals surface area contributed by atoms with E-state index in [0.29, 0.717) is 22.3 Å². The summed E-state index contributed by atoms with van der Waals surface area (Å²) in [6.07, 6.45) is 1.58. The topological polar surface area (TPSA) is 67.5 Å². The third-order valence-corrected chi connectivity index (χ3v) is 3.88. The minimum atomic E-state index is -0.287. The van der Waals surface area contributed by atoms with E-state index >= 15 is 0 Å². The second kappa shape index (κ2) is 6.89. The van der Waals surface area contributed by atoms with Crippen LogP contribution in [0.15, 0.2) is 65.8 Å². The number of nitrogens with one attached hydrogen (secondary N) is 1. The lowest BCUT2D eigenvalue weighted by Gasteiger charge is -2.02. The molecule has 6 nitrogen and oxygen atoms in total. The molecule has 0 bridgehead atoms. The van der Waals surface area contributed by atoms with E-state index in [1.807, 2.05) is 12.1 Å². The first-order chi connectivity index (χ1) is 12.7. The number of hydrogen-bond acceptors (Lipinski definition) is 5. The van der Waals surface area contributed by atoms with Crippen molar-refractivity contribution in [1.82, 2.24) is 19.8 Å². The Morgan fingerprint density at radius 1 is 0.962 bits per heavy atom. The SMILES string of the molecule is Fc1ccc(/C=N/Nc2ccc3nnc(-c4ccc(Cl)cc4)n3n2)cc1. The van der Waals surface area contributed by atoms with Crippen molar-refractivity contribution in [1.29, 1.82) is 0 Å². The van der Waals surface area contributed by atoms with Gasteiger partial charge in [0.05, 0.1) is 6.21 Å². The van der Waals surface area contributed by atoms with Crippen LogP contribution in [0.4, 0.5) is 10.2 Å². The molecule has 0 spiro atoms. The van der Waals surface area contributed by atoms with Crippen molar-refractivity contribution >= 4 is 29.3 Å². The average Bonchev–Trinajstić information content (AvgIpc) is 3.07. The van der Waals surface area contributed by atoms with E-state index in [0.717, 1.165) is 11.1 Å². The highest BCUT2D eigenvalue weighted by atomic mass is 35.5. The van der Waals surface area contributed by atoms with Gasteiger partial charge in [0.1, 0.15) is 5.82 Å². The monoisotopic (exact) mass is 366 g/mol. The van der Waals surface area contributed by atoms with Crippen molar-refractivity contribution < 1.29 is 4.39 Å². The lowest BCUT2D eigenvalue weighted by molar-refractivity contribution is 0.628. The number of hydrogen-bond donors (Lipinski definition) is 1. The molecule has 0 aliphatic rings. The molecule has 0 saturated heterocycles. The molecule has 26 heavy (non-hydrogen) atoms. The molecule has 1 N–H and O–H groups in total. The summed E-state index contributed by atoms with van der Waals surface area (Å²) in [6, 6.07) is 16.8. The summed E-state index contributed by atoms with van der Waals surface area (Å²) in [4.78, 5) is 0. The van der Waals surface area contributed by atoms with Crippen LogP contribution in [0.1, 0.15) is 5.56 Å². The van der Waals surface area contributed by atoms with E-state index in [1.165, 1.54) is 12.1 Å². The number of anilines is 1. The third-order valence-electron chi connectivity index (χ3n) is 3.63. The molecule has 2 heterocycles. The summed E-state index contributed by atoms with van der Waals surface area (Å²) in [6.45, 7) is 0. The molecule has 0 aliphatic heterocycles. The Bertz CT molecular complexity index is 1070. The van der Waals surface area contributed by atoms with Gasteiger partial charge in [-0.25, -0.2) is 4.39 Å². The van der Waals surface area contributed by atoms with E-state index in [-0.39, 0.29) is 5.82 Å². The molecule has 8 heteroatoms. The lowest BCUT2D eigenvalue weighted by Crippen LogP contribution is -2.00. The zero-order valence-corrected chi connectivity index (χ0v) is 14.1. The second-order valence-electron chi connectivity index (χ2n) is 5.44. The van der Waals surface area contributed by atoms with Gasteiger partial charge in [-0.2, -0.15) is 9.62 Å². The smallest absolute Gasteiger partial charge is 0.185 e. The molecular formula is C18H12ClFN6. The maximum atomic E-state index is 12.9. The highest BCUT2D eigenvalue weighted by Gasteiger charge is 2.09. The largest absolute Gasteiger partial charge is 0.260 e. The summed E-state index contributed by atoms with van der Waals surface area (Å²) in [5.74, 6) is 0.832. The lowest BCUT2D eigenvalue weighted by atomic mass is 10.2. The van der Waals surface area contributed by atoms with Gasteiger partial charge in [-0.3, -0.25) is 5.43 Å². The molecule has 0 aliphatic carbocycles. The Morgan fingerprint density at radius 2 is 1.73 bits per heavy atom. The van der Waals surface area contributed by atoms with E-state index in [9.17, 15) is 4.39 Å². The van der Waals surface area contributed by atoms with E-state index < -0.39 is 0 Å². The van der Waals surface area contributed by atoms with Crippen LogP contribution in [0.3, 0.4) is 0 Å². The predicted molar refractivity (Wildman–Crippen MR) is 98.8 cm³/mol. The van der Waals surface area contributed by atoms with Gasteiger partial charge in [0.25, 0.3) is 0 Å². The van der Waals surface area contributed by atoms with Crippen molar-refractivity contribution in [2.45, 2.75) is 0 Å². The van der Waals surface area contributed by atoms with Crippen LogP contribution in [0, 0.1) is 5.82 Å². The van der Waals surface area contributed by atoms with Crippen LogP contribution >= 0.6 is 11.6 Å². The first-order valence-corrected chi connectivity index (χ1v) is 8.10. The van der Waals surface area contributed by atoms with Gasteiger partial charge in [-0.05, 0) is 54.1 Å². The molecule has 2 aromatic carbocycles. The van der Waals surface area contributed by atoms with Crippen LogP contribution in [0.2, 0.25) is 5.02 Å². The summed E-state index contributed by atoms with van der Waals surface area (Å²) >= 11 is 5.93. The average molecular weight is 367 g/mol. The van der Waals surface area contributed by atoms with Crippen LogP contribution in [0.25, 0.3) is 17.0 Å². The molecule has 4 rings (SSSR count). The molecule has 2 aromatic heterocycles. The molecule has 0 amide bonds. The van der Waals surface area contributed by atoms with E-state index in [1.54, 1.807) is 47.1 Å². The Labute approximate surface area is 153 Å². The minimum Gasteiger partial charge on any atom is -0.260 e. The Balaban J connectivity index is 1.59. The number of fused-ring (bicyclic) bond motifs is 1. The predicted octanol–water partition coefficient (Wildman–Crippen LogP) is 4.03. The second-order valence-corrected chi connectivity index (χ2v) is 5.88. The molecule has 0 radical (unpaired) electrons. The molecule has 0 saturated carbocycles. The number of aromatic nitrogens is 4. The summed E-state index contributed by atoms with van der Waals surface area (Å²) in [7, 11) is 0. The van der Waals surface area contributed by atoms with Crippen molar-refractivity contribution in [3.63, 3.8) is 0 Å². The first-order valence-electron chi connectivity index (χ1n) is 7.72. The number of halogens is 2. The molecule has 0 fully saturated rings. The van der Waals surface area contributed by atoms with Crippen molar-refractivity contribution in [3.05, 3.63) is 77.1 Å². The first kappa shape index (κ1) is 16.2. The number of benzene rings is 2. The van der Waals surface area contributed by atoms with E-state index in [2.05, 4.69) is 25.8 Å². The Kier molecular flexibility index (Phi) is 4.28.